The zero-order chi connectivity index (χ0) is 8.39. The minimum Gasteiger partial charge on any atom is -0.376 e. The van der Waals surface area contributed by atoms with E-state index < -0.39 is 0 Å². The SMILES string of the molecule is O=c1cc[nH]n1C[C@H]1CCCO1. The second-order valence-corrected chi connectivity index (χ2v) is 3.05. The molecule has 0 aliphatic carbocycles. The van der Waals surface area contributed by atoms with Crippen molar-refractivity contribution in [2.24, 2.45) is 0 Å². The summed E-state index contributed by atoms with van der Waals surface area (Å²) in [5, 5.41) is 2.86. The van der Waals surface area contributed by atoms with Crippen LogP contribution in [-0.2, 0) is 11.3 Å². The van der Waals surface area contributed by atoms with Gasteiger partial charge in [-0.2, -0.15) is 0 Å². The predicted octanol–water partition coefficient (Wildman–Crippen LogP) is 0.355. The highest BCUT2D eigenvalue weighted by atomic mass is 16.5. The van der Waals surface area contributed by atoms with Crippen molar-refractivity contribution in [3.05, 3.63) is 22.6 Å². The molecule has 1 aliphatic rings. The van der Waals surface area contributed by atoms with Gasteiger partial charge >= 0.3 is 0 Å². The Kier molecular flexibility index (Phi) is 1.99. The molecule has 2 heterocycles. The van der Waals surface area contributed by atoms with Gasteiger partial charge in [-0.3, -0.25) is 9.48 Å². The summed E-state index contributed by atoms with van der Waals surface area (Å²) in [5.74, 6) is 0. The Labute approximate surface area is 70.1 Å². The van der Waals surface area contributed by atoms with Crippen molar-refractivity contribution in [3.63, 3.8) is 0 Å². The molecule has 0 radical (unpaired) electrons. The molecule has 1 fully saturated rings. The van der Waals surface area contributed by atoms with E-state index in [1.165, 1.54) is 6.07 Å². The number of aromatic amines is 1. The number of aromatic nitrogens is 2. The maximum absolute atomic E-state index is 11.1. The first-order chi connectivity index (χ1) is 5.86. The molecule has 0 unspecified atom stereocenters. The summed E-state index contributed by atoms with van der Waals surface area (Å²) < 4.78 is 6.98. The Morgan fingerprint density at radius 1 is 1.75 bits per heavy atom. The van der Waals surface area contributed by atoms with Crippen LogP contribution in [-0.4, -0.2) is 22.5 Å². The molecule has 4 heteroatoms. The molecular weight excluding hydrogens is 156 g/mol. The largest absolute Gasteiger partial charge is 0.376 e. The lowest BCUT2D eigenvalue weighted by molar-refractivity contribution is 0.0932. The van der Waals surface area contributed by atoms with Gasteiger partial charge in [0.05, 0.1) is 12.6 Å². The summed E-state index contributed by atoms with van der Waals surface area (Å²) >= 11 is 0. The molecule has 0 aromatic carbocycles. The monoisotopic (exact) mass is 168 g/mol. The van der Waals surface area contributed by atoms with Crippen molar-refractivity contribution in [1.82, 2.24) is 9.78 Å². The molecule has 2 rings (SSSR count). The normalized spacial score (nSPS) is 23.2. The summed E-state index contributed by atoms with van der Waals surface area (Å²) in [6.45, 7) is 1.49. The topological polar surface area (TPSA) is 47.0 Å². The zero-order valence-electron chi connectivity index (χ0n) is 6.82. The van der Waals surface area contributed by atoms with Gasteiger partial charge in [0, 0.05) is 18.9 Å². The molecule has 0 saturated carbocycles. The van der Waals surface area contributed by atoms with Crippen LogP contribution in [0.3, 0.4) is 0 Å². The van der Waals surface area contributed by atoms with Crippen LogP contribution in [0.2, 0.25) is 0 Å². The molecule has 1 N–H and O–H groups in total. The van der Waals surface area contributed by atoms with E-state index in [1.54, 1.807) is 10.9 Å². The van der Waals surface area contributed by atoms with Gasteiger partial charge in [0.1, 0.15) is 0 Å². The van der Waals surface area contributed by atoms with Gasteiger partial charge in [0.2, 0.25) is 0 Å². The van der Waals surface area contributed by atoms with Crippen molar-refractivity contribution < 1.29 is 4.74 Å². The molecule has 66 valence electrons. The molecular formula is C8H12N2O2. The molecule has 1 aromatic heterocycles. The molecule has 4 nitrogen and oxygen atoms in total. The summed E-state index contributed by atoms with van der Waals surface area (Å²) in [7, 11) is 0. The fraction of sp³-hybridized carbons (Fsp3) is 0.625. The van der Waals surface area contributed by atoms with E-state index in [9.17, 15) is 4.79 Å². The fourth-order valence-electron chi connectivity index (χ4n) is 1.49. The van der Waals surface area contributed by atoms with E-state index in [2.05, 4.69) is 5.10 Å². The number of H-pyrrole nitrogens is 1. The molecule has 1 aromatic rings. The summed E-state index contributed by atoms with van der Waals surface area (Å²) in [4.78, 5) is 11.1. The number of hydrogen-bond acceptors (Lipinski definition) is 2. The minimum absolute atomic E-state index is 0.0190. The number of ether oxygens (including phenoxy) is 1. The summed E-state index contributed by atoms with van der Waals surface area (Å²) in [5.41, 5.74) is 0.0190. The summed E-state index contributed by atoms with van der Waals surface area (Å²) in [6, 6.07) is 1.52. The van der Waals surface area contributed by atoms with Crippen molar-refractivity contribution in [2.75, 3.05) is 6.61 Å². The third kappa shape index (κ3) is 1.43. The van der Waals surface area contributed by atoms with Gasteiger partial charge in [0.25, 0.3) is 5.56 Å². The van der Waals surface area contributed by atoms with Crippen molar-refractivity contribution in [3.8, 4) is 0 Å². The average molecular weight is 168 g/mol. The maximum Gasteiger partial charge on any atom is 0.266 e. The van der Waals surface area contributed by atoms with E-state index in [0.717, 1.165) is 19.4 Å². The lowest BCUT2D eigenvalue weighted by Crippen LogP contribution is -2.24. The molecule has 0 amide bonds. The van der Waals surface area contributed by atoms with E-state index >= 15 is 0 Å². The zero-order valence-corrected chi connectivity index (χ0v) is 6.82. The van der Waals surface area contributed by atoms with Crippen LogP contribution in [0.5, 0.6) is 0 Å². The first kappa shape index (κ1) is 7.61. The Hall–Kier alpha value is -1.03. The fourth-order valence-corrected chi connectivity index (χ4v) is 1.49. The number of nitrogens with one attached hydrogen (secondary N) is 1. The smallest absolute Gasteiger partial charge is 0.266 e. The van der Waals surface area contributed by atoms with Crippen molar-refractivity contribution in [1.29, 1.82) is 0 Å². The highest BCUT2D eigenvalue weighted by molar-refractivity contribution is 4.81. The van der Waals surface area contributed by atoms with Crippen LogP contribution < -0.4 is 5.56 Å². The van der Waals surface area contributed by atoms with Gasteiger partial charge in [-0.1, -0.05) is 0 Å². The number of hydrogen-bond donors (Lipinski definition) is 1. The quantitative estimate of drug-likeness (QED) is 0.692. The van der Waals surface area contributed by atoms with E-state index in [-0.39, 0.29) is 11.7 Å². The first-order valence-electron chi connectivity index (χ1n) is 4.22. The Bertz CT molecular complexity index is 296. The number of rotatable bonds is 2. The third-order valence-corrected chi connectivity index (χ3v) is 2.13. The summed E-state index contributed by atoms with van der Waals surface area (Å²) in [6.07, 6.45) is 4.05. The minimum atomic E-state index is 0.0190. The highest BCUT2D eigenvalue weighted by Crippen LogP contribution is 2.12. The predicted molar refractivity (Wildman–Crippen MR) is 44.0 cm³/mol. The van der Waals surface area contributed by atoms with Crippen LogP contribution >= 0.6 is 0 Å². The Morgan fingerprint density at radius 3 is 3.25 bits per heavy atom. The molecule has 0 spiro atoms. The van der Waals surface area contributed by atoms with E-state index in [4.69, 9.17) is 4.74 Å². The van der Waals surface area contributed by atoms with Crippen LogP contribution in [0.4, 0.5) is 0 Å². The van der Waals surface area contributed by atoms with Gasteiger partial charge in [-0.05, 0) is 12.8 Å². The first-order valence-corrected chi connectivity index (χ1v) is 4.22. The average Bonchev–Trinajstić information content (AvgIpc) is 2.65. The van der Waals surface area contributed by atoms with Crippen molar-refractivity contribution in [2.45, 2.75) is 25.5 Å². The highest BCUT2D eigenvalue weighted by Gasteiger charge is 2.16. The molecule has 0 bridgehead atoms. The second-order valence-electron chi connectivity index (χ2n) is 3.05. The molecule has 1 saturated heterocycles. The van der Waals surface area contributed by atoms with E-state index in [0.29, 0.717) is 6.54 Å². The van der Waals surface area contributed by atoms with Gasteiger partial charge < -0.3 is 9.84 Å². The van der Waals surface area contributed by atoms with Crippen LogP contribution in [0.1, 0.15) is 12.8 Å². The van der Waals surface area contributed by atoms with Crippen molar-refractivity contribution >= 4 is 0 Å². The van der Waals surface area contributed by atoms with E-state index in [1.807, 2.05) is 0 Å². The molecule has 12 heavy (non-hydrogen) atoms. The maximum atomic E-state index is 11.1. The van der Waals surface area contributed by atoms with Gasteiger partial charge in [0.15, 0.2) is 0 Å². The Balaban J connectivity index is 2.03. The van der Waals surface area contributed by atoms with Crippen LogP contribution in [0, 0.1) is 0 Å². The molecule has 1 atom stereocenters. The van der Waals surface area contributed by atoms with Gasteiger partial charge in [-0.15, -0.1) is 0 Å². The third-order valence-electron chi connectivity index (χ3n) is 2.13. The molecule has 1 aliphatic heterocycles. The second kappa shape index (κ2) is 3.15. The van der Waals surface area contributed by atoms with Crippen LogP contribution in [0.25, 0.3) is 0 Å². The standard InChI is InChI=1S/C8H12N2O2/c11-8-3-4-9-10(8)6-7-2-1-5-12-7/h3-4,7,9H,1-2,5-6H2/t7-/m1/s1. The van der Waals surface area contributed by atoms with Crippen LogP contribution in [0.15, 0.2) is 17.1 Å². The van der Waals surface area contributed by atoms with Gasteiger partial charge in [-0.25, -0.2) is 0 Å². The Morgan fingerprint density at radius 2 is 2.67 bits per heavy atom. The lowest BCUT2D eigenvalue weighted by Gasteiger charge is -2.08. The number of nitrogens with zero attached hydrogens (tertiary/aromatic N) is 1. The lowest BCUT2D eigenvalue weighted by atomic mass is 10.2.